The molecule has 0 unspecified atom stereocenters. The lowest BCUT2D eigenvalue weighted by Crippen LogP contribution is -2.40. The van der Waals surface area contributed by atoms with Crippen molar-refractivity contribution in [2.45, 2.75) is 45.3 Å². The van der Waals surface area contributed by atoms with Gasteiger partial charge >= 0.3 is 0 Å². The van der Waals surface area contributed by atoms with Crippen molar-refractivity contribution in [3.05, 3.63) is 47.7 Å². The Morgan fingerprint density at radius 1 is 1.30 bits per heavy atom. The van der Waals surface area contributed by atoms with Crippen LogP contribution in [-0.2, 0) is 20.7 Å². The van der Waals surface area contributed by atoms with E-state index in [4.69, 9.17) is 9.47 Å². The van der Waals surface area contributed by atoms with Gasteiger partial charge in [-0.05, 0) is 62.5 Å². The first-order valence-electron chi connectivity index (χ1n) is 10.2. The van der Waals surface area contributed by atoms with E-state index in [1.807, 2.05) is 31.2 Å². The number of rotatable bonds is 10. The first-order chi connectivity index (χ1) is 13.2. The van der Waals surface area contributed by atoms with Crippen molar-refractivity contribution in [2.75, 3.05) is 19.8 Å². The number of ether oxygens (including phenoxy) is 2. The van der Waals surface area contributed by atoms with Crippen LogP contribution >= 0.6 is 0 Å². The molecule has 1 aromatic carbocycles. The Bertz CT molecular complexity index is 626. The summed E-state index contributed by atoms with van der Waals surface area (Å²) in [5.74, 6) is 1.32. The van der Waals surface area contributed by atoms with E-state index < -0.39 is 6.29 Å². The van der Waals surface area contributed by atoms with Crippen molar-refractivity contribution in [3.63, 3.8) is 0 Å². The van der Waals surface area contributed by atoms with Gasteiger partial charge in [0.25, 0.3) is 5.91 Å². The number of amides is 1. The van der Waals surface area contributed by atoms with Crippen LogP contribution in [0.1, 0.15) is 38.2 Å². The molecule has 1 aromatic rings. The molecule has 1 saturated carbocycles. The second-order valence-corrected chi connectivity index (χ2v) is 7.41. The summed E-state index contributed by atoms with van der Waals surface area (Å²) in [6.07, 6.45) is 6.35. The maximum atomic E-state index is 12.6. The number of nitrogens with one attached hydrogen (secondary N) is 1. The highest BCUT2D eigenvalue weighted by molar-refractivity contribution is 5.91. The van der Waals surface area contributed by atoms with Crippen molar-refractivity contribution >= 4 is 5.91 Å². The summed E-state index contributed by atoms with van der Waals surface area (Å²) in [7, 11) is 0. The van der Waals surface area contributed by atoms with Gasteiger partial charge < -0.3 is 19.9 Å². The second kappa shape index (κ2) is 9.90. The minimum absolute atomic E-state index is 0.165. The van der Waals surface area contributed by atoms with Crippen LogP contribution in [0.25, 0.3) is 0 Å². The molecule has 148 valence electrons. The molecule has 1 amide bonds. The van der Waals surface area contributed by atoms with Crippen molar-refractivity contribution < 1.29 is 19.4 Å². The number of aliphatic hydroxyl groups excluding tert-OH is 1. The third kappa shape index (κ3) is 5.56. The first kappa shape index (κ1) is 19.9. The number of hydrogen-bond acceptors (Lipinski definition) is 4. The molecule has 3 atom stereocenters. The minimum atomic E-state index is -0.410. The Morgan fingerprint density at radius 3 is 2.74 bits per heavy atom. The minimum Gasteiger partial charge on any atom is -0.459 e. The summed E-state index contributed by atoms with van der Waals surface area (Å²) in [4.78, 5) is 12.6. The Balaban J connectivity index is 1.63. The van der Waals surface area contributed by atoms with Crippen molar-refractivity contribution in [2.24, 2.45) is 17.8 Å². The fraction of sp³-hybridized carbons (Fsp3) is 0.591. The number of carbonyl (C=O) groups excluding carboxylic acids is 1. The van der Waals surface area contributed by atoms with Crippen LogP contribution in [-0.4, -0.2) is 37.1 Å². The van der Waals surface area contributed by atoms with E-state index in [0.717, 1.165) is 19.3 Å². The third-order valence-corrected chi connectivity index (χ3v) is 5.39. The van der Waals surface area contributed by atoms with Crippen LogP contribution in [0.5, 0.6) is 0 Å². The van der Waals surface area contributed by atoms with E-state index in [1.165, 1.54) is 18.4 Å². The van der Waals surface area contributed by atoms with Crippen LogP contribution in [0.3, 0.4) is 0 Å². The molecular weight excluding hydrogens is 342 g/mol. The van der Waals surface area contributed by atoms with E-state index in [2.05, 4.69) is 17.4 Å². The molecular formula is C22H31NO4. The average molecular weight is 373 g/mol. The Hall–Kier alpha value is -1.85. The Morgan fingerprint density at radius 2 is 2.07 bits per heavy atom. The fourth-order valence-corrected chi connectivity index (χ4v) is 3.86. The van der Waals surface area contributed by atoms with Gasteiger partial charge in [0.2, 0.25) is 6.29 Å². The van der Waals surface area contributed by atoms with Crippen LogP contribution in [0.4, 0.5) is 0 Å². The third-order valence-electron chi connectivity index (χ3n) is 5.39. The zero-order valence-electron chi connectivity index (χ0n) is 16.1. The molecule has 2 N–H and O–H groups in total. The fourth-order valence-electron chi connectivity index (χ4n) is 3.86. The van der Waals surface area contributed by atoms with E-state index in [9.17, 15) is 9.90 Å². The van der Waals surface area contributed by atoms with Gasteiger partial charge in [-0.3, -0.25) is 4.79 Å². The quantitative estimate of drug-likeness (QED) is 0.661. The van der Waals surface area contributed by atoms with E-state index in [1.54, 1.807) is 0 Å². The molecule has 5 nitrogen and oxygen atoms in total. The maximum Gasteiger partial charge on any atom is 0.286 e. The lowest BCUT2D eigenvalue weighted by molar-refractivity contribution is -0.173. The predicted molar refractivity (Wildman–Crippen MR) is 104 cm³/mol. The lowest BCUT2D eigenvalue weighted by Gasteiger charge is -2.37. The van der Waals surface area contributed by atoms with Gasteiger partial charge in [0.05, 0.1) is 0 Å². The van der Waals surface area contributed by atoms with Crippen molar-refractivity contribution in [1.29, 1.82) is 0 Å². The molecule has 1 aliphatic carbocycles. The molecule has 3 rings (SSSR count). The average Bonchev–Trinajstić information content (AvgIpc) is 3.52. The van der Waals surface area contributed by atoms with Crippen molar-refractivity contribution in [3.8, 4) is 0 Å². The smallest absolute Gasteiger partial charge is 0.286 e. The summed E-state index contributed by atoms with van der Waals surface area (Å²) < 4.78 is 11.8. The molecule has 1 fully saturated rings. The zero-order valence-corrected chi connectivity index (χ0v) is 16.1. The normalized spacial score (nSPS) is 24.8. The molecule has 0 spiro atoms. The molecule has 5 heteroatoms. The van der Waals surface area contributed by atoms with Gasteiger partial charge in [-0.1, -0.05) is 30.3 Å². The number of aliphatic hydroxyl groups is 1. The number of benzene rings is 1. The summed E-state index contributed by atoms with van der Waals surface area (Å²) in [6.45, 7) is 3.23. The molecule has 27 heavy (non-hydrogen) atoms. The highest BCUT2D eigenvalue weighted by Gasteiger charge is 2.43. The first-order valence-corrected chi connectivity index (χ1v) is 10.2. The monoisotopic (exact) mass is 373 g/mol. The second-order valence-electron chi connectivity index (χ2n) is 7.41. The van der Waals surface area contributed by atoms with E-state index >= 15 is 0 Å². The molecule has 1 aliphatic heterocycles. The van der Waals surface area contributed by atoms with Gasteiger partial charge in [0.1, 0.15) is 0 Å². The number of hydrogen-bond donors (Lipinski definition) is 2. The van der Waals surface area contributed by atoms with Crippen LogP contribution in [0.2, 0.25) is 0 Å². The standard InChI is InChI=1S/C22H31NO4/c1-2-26-22-18(9-6-14-24)19(17-10-11-17)15-20(27-22)21(25)23-13-12-16-7-4-3-5-8-16/h3-5,7-8,15,17-19,22,24H,2,6,9-14H2,1H3,(H,23,25)/t18-,19+,22+/m1/s1. The molecule has 0 radical (unpaired) electrons. The predicted octanol–water partition coefficient (Wildman–Crippen LogP) is 3.04. The maximum absolute atomic E-state index is 12.6. The SMILES string of the molecule is CCO[C@H]1OC(C(=O)NCCc2ccccc2)=C[C@@H](C2CC2)[C@H]1CCCO. The van der Waals surface area contributed by atoms with Gasteiger partial charge in [-0.25, -0.2) is 0 Å². The van der Waals surface area contributed by atoms with Crippen LogP contribution in [0, 0.1) is 17.8 Å². The zero-order chi connectivity index (χ0) is 19.1. The topological polar surface area (TPSA) is 67.8 Å². The summed E-state index contributed by atoms with van der Waals surface area (Å²) >= 11 is 0. The largest absolute Gasteiger partial charge is 0.459 e. The lowest BCUT2D eigenvalue weighted by atomic mass is 9.82. The molecule has 1 heterocycles. The highest BCUT2D eigenvalue weighted by atomic mass is 16.7. The van der Waals surface area contributed by atoms with Crippen LogP contribution in [0.15, 0.2) is 42.2 Å². The van der Waals surface area contributed by atoms with Gasteiger partial charge in [-0.15, -0.1) is 0 Å². The number of carbonyl (C=O) groups is 1. The van der Waals surface area contributed by atoms with E-state index in [0.29, 0.717) is 24.8 Å². The van der Waals surface area contributed by atoms with Gasteiger partial charge in [-0.2, -0.15) is 0 Å². The highest BCUT2D eigenvalue weighted by Crippen LogP contribution is 2.47. The van der Waals surface area contributed by atoms with Crippen molar-refractivity contribution in [1.82, 2.24) is 5.32 Å². The molecule has 0 bridgehead atoms. The van der Waals surface area contributed by atoms with E-state index in [-0.39, 0.29) is 24.3 Å². The summed E-state index contributed by atoms with van der Waals surface area (Å²) in [5, 5.41) is 12.2. The molecule has 0 aromatic heterocycles. The van der Waals surface area contributed by atoms with Gasteiger partial charge in [0, 0.05) is 25.7 Å². The molecule has 2 aliphatic rings. The summed E-state index contributed by atoms with van der Waals surface area (Å²) in [5.41, 5.74) is 1.20. The van der Waals surface area contributed by atoms with Crippen LogP contribution < -0.4 is 5.32 Å². The van der Waals surface area contributed by atoms with Gasteiger partial charge in [0.15, 0.2) is 5.76 Å². The Kier molecular flexibility index (Phi) is 7.30. The Labute approximate surface area is 161 Å². The molecule has 0 saturated heterocycles. The summed E-state index contributed by atoms with van der Waals surface area (Å²) in [6, 6.07) is 10.1. The number of allylic oxidation sites excluding steroid dienone is 1.